The van der Waals surface area contributed by atoms with Gasteiger partial charge in [-0.3, -0.25) is 14.4 Å². The molecule has 8 heteroatoms. The molecule has 1 aromatic rings. The Morgan fingerprint density at radius 1 is 1.19 bits per heavy atom. The van der Waals surface area contributed by atoms with Gasteiger partial charge < -0.3 is 15.4 Å². The highest BCUT2D eigenvalue weighted by molar-refractivity contribution is 5.93. The molecule has 1 aliphatic rings. The van der Waals surface area contributed by atoms with Crippen molar-refractivity contribution in [2.75, 3.05) is 11.9 Å². The van der Waals surface area contributed by atoms with Crippen LogP contribution in [0.3, 0.4) is 0 Å². The van der Waals surface area contributed by atoms with E-state index < -0.39 is 0 Å². The molecule has 1 fully saturated rings. The Morgan fingerprint density at radius 2 is 1.85 bits per heavy atom. The maximum atomic E-state index is 12.1. The molecule has 1 aliphatic carbocycles. The molecule has 0 aromatic heterocycles. The molecule has 146 valence electrons. The van der Waals surface area contributed by atoms with E-state index in [4.69, 9.17) is 10.3 Å². The van der Waals surface area contributed by atoms with Crippen LogP contribution in [-0.4, -0.2) is 30.4 Å². The standard InChI is InChI=1S/C19H26N4O4/c1-2-27-19(26)11-16(14-5-6-14)23-18(25)10-9-17(24)22-15-7-3-13(4-8-15)12-21-20/h3-4,7-8,14,16,20H,2,5-6,9-12H2,1H3,(H,22,24)(H,23,25). The van der Waals surface area contributed by atoms with E-state index in [1.54, 1.807) is 31.2 Å². The van der Waals surface area contributed by atoms with Gasteiger partial charge in [0.15, 0.2) is 0 Å². The summed E-state index contributed by atoms with van der Waals surface area (Å²) < 4.78 is 4.95. The fourth-order valence-corrected chi connectivity index (χ4v) is 2.75. The Bertz CT molecular complexity index is 671. The van der Waals surface area contributed by atoms with Crippen molar-refractivity contribution in [3.8, 4) is 0 Å². The number of carbonyl (C=O) groups excluding carboxylic acids is 3. The molecular formula is C19H26N4O4. The van der Waals surface area contributed by atoms with E-state index in [0.29, 0.717) is 24.8 Å². The van der Waals surface area contributed by atoms with Gasteiger partial charge in [-0.15, -0.1) is 0 Å². The van der Waals surface area contributed by atoms with Crippen molar-refractivity contribution in [2.24, 2.45) is 11.0 Å². The van der Waals surface area contributed by atoms with Crippen LogP contribution in [0, 0.1) is 11.4 Å². The van der Waals surface area contributed by atoms with Gasteiger partial charge in [-0.2, -0.15) is 5.11 Å². The lowest BCUT2D eigenvalue weighted by atomic mass is 10.1. The highest BCUT2D eigenvalue weighted by Crippen LogP contribution is 2.34. The van der Waals surface area contributed by atoms with Crippen molar-refractivity contribution in [3.05, 3.63) is 29.8 Å². The van der Waals surface area contributed by atoms with Crippen LogP contribution in [-0.2, 0) is 25.7 Å². The second-order valence-corrected chi connectivity index (χ2v) is 6.58. The summed E-state index contributed by atoms with van der Waals surface area (Å²) in [5, 5.41) is 8.90. The quantitative estimate of drug-likeness (QED) is 0.407. The molecule has 27 heavy (non-hydrogen) atoms. The molecule has 3 N–H and O–H groups in total. The first-order chi connectivity index (χ1) is 13.0. The van der Waals surface area contributed by atoms with E-state index in [9.17, 15) is 14.4 Å². The first kappa shape index (κ1) is 20.5. The second kappa shape index (κ2) is 10.4. The summed E-state index contributed by atoms with van der Waals surface area (Å²) >= 11 is 0. The van der Waals surface area contributed by atoms with Gasteiger partial charge in [-0.1, -0.05) is 12.1 Å². The number of rotatable bonds is 11. The van der Waals surface area contributed by atoms with Crippen molar-refractivity contribution >= 4 is 23.5 Å². The number of amides is 2. The third-order valence-electron chi connectivity index (χ3n) is 4.31. The highest BCUT2D eigenvalue weighted by atomic mass is 16.5. The van der Waals surface area contributed by atoms with Gasteiger partial charge in [0.05, 0.1) is 19.6 Å². The number of nitrogens with zero attached hydrogens (tertiary/aromatic N) is 1. The van der Waals surface area contributed by atoms with E-state index in [-0.39, 0.29) is 43.1 Å². The predicted octanol–water partition coefficient (Wildman–Crippen LogP) is 2.78. The van der Waals surface area contributed by atoms with Crippen molar-refractivity contribution < 1.29 is 19.1 Å². The average molecular weight is 374 g/mol. The largest absolute Gasteiger partial charge is 0.466 e. The fourth-order valence-electron chi connectivity index (χ4n) is 2.75. The minimum atomic E-state index is -0.311. The summed E-state index contributed by atoms with van der Waals surface area (Å²) in [5.41, 5.74) is 8.35. The van der Waals surface area contributed by atoms with E-state index >= 15 is 0 Å². The van der Waals surface area contributed by atoms with Gasteiger partial charge in [-0.25, -0.2) is 5.53 Å². The molecule has 1 atom stereocenters. The maximum absolute atomic E-state index is 12.1. The Labute approximate surface area is 158 Å². The number of anilines is 1. The first-order valence-corrected chi connectivity index (χ1v) is 9.18. The number of ether oxygens (including phenoxy) is 1. The molecule has 0 heterocycles. The Hall–Kier alpha value is -2.77. The van der Waals surface area contributed by atoms with Crippen LogP contribution < -0.4 is 10.6 Å². The minimum absolute atomic E-state index is 0.0619. The van der Waals surface area contributed by atoms with Gasteiger partial charge in [0, 0.05) is 24.6 Å². The number of nitrogens with one attached hydrogen (secondary N) is 3. The first-order valence-electron chi connectivity index (χ1n) is 9.18. The molecule has 8 nitrogen and oxygen atoms in total. The summed E-state index contributed by atoms with van der Waals surface area (Å²) in [7, 11) is 0. The van der Waals surface area contributed by atoms with E-state index in [2.05, 4.69) is 15.7 Å². The van der Waals surface area contributed by atoms with Gasteiger partial charge in [0.25, 0.3) is 0 Å². The maximum Gasteiger partial charge on any atom is 0.307 e. The van der Waals surface area contributed by atoms with Crippen molar-refractivity contribution in [2.45, 2.75) is 51.6 Å². The molecular weight excluding hydrogens is 348 g/mol. The molecule has 0 bridgehead atoms. The Balaban J connectivity index is 1.73. The molecule has 0 radical (unpaired) electrons. The van der Waals surface area contributed by atoms with Crippen LogP contribution in [0.15, 0.2) is 29.4 Å². The molecule has 1 unspecified atom stereocenters. The second-order valence-electron chi connectivity index (χ2n) is 6.58. The smallest absolute Gasteiger partial charge is 0.307 e. The summed E-state index contributed by atoms with van der Waals surface area (Å²) in [6.45, 7) is 2.38. The fraction of sp³-hybridized carbons (Fsp3) is 0.526. The number of benzene rings is 1. The molecule has 2 amide bonds. The SMILES string of the molecule is CCOC(=O)CC(NC(=O)CCC(=O)Nc1ccc(CN=N)cc1)C1CC1. The number of carbonyl (C=O) groups is 3. The molecule has 0 aliphatic heterocycles. The summed E-state index contributed by atoms with van der Waals surface area (Å²) in [6.07, 6.45) is 2.29. The number of hydrogen-bond acceptors (Lipinski definition) is 6. The van der Waals surface area contributed by atoms with Crippen molar-refractivity contribution in [1.29, 1.82) is 5.53 Å². The molecule has 1 aromatic carbocycles. The van der Waals surface area contributed by atoms with E-state index in [1.165, 1.54) is 0 Å². The highest BCUT2D eigenvalue weighted by Gasteiger charge is 2.34. The monoisotopic (exact) mass is 374 g/mol. The van der Waals surface area contributed by atoms with E-state index in [0.717, 1.165) is 18.4 Å². The number of hydrogen-bond donors (Lipinski definition) is 3. The third kappa shape index (κ3) is 7.55. The van der Waals surface area contributed by atoms with Crippen LogP contribution in [0.2, 0.25) is 0 Å². The third-order valence-corrected chi connectivity index (χ3v) is 4.31. The van der Waals surface area contributed by atoms with Crippen molar-refractivity contribution in [3.63, 3.8) is 0 Å². The molecule has 1 saturated carbocycles. The lowest BCUT2D eigenvalue weighted by Crippen LogP contribution is -2.38. The zero-order valence-electron chi connectivity index (χ0n) is 15.5. The van der Waals surface area contributed by atoms with Crippen LogP contribution in [0.1, 0.15) is 44.6 Å². The predicted molar refractivity (Wildman–Crippen MR) is 99.1 cm³/mol. The van der Waals surface area contributed by atoms with Gasteiger partial charge >= 0.3 is 5.97 Å². The summed E-state index contributed by atoms with van der Waals surface area (Å²) in [4.78, 5) is 35.8. The normalized spacial score (nSPS) is 14.1. The zero-order chi connectivity index (χ0) is 19.6. The average Bonchev–Trinajstić information content (AvgIpc) is 3.47. The Morgan fingerprint density at radius 3 is 2.44 bits per heavy atom. The number of esters is 1. The van der Waals surface area contributed by atoms with Crippen molar-refractivity contribution in [1.82, 2.24) is 5.32 Å². The van der Waals surface area contributed by atoms with Crippen LogP contribution in [0.4, 0.5) is 5.69 Å². The summed E-state index contributed by atoms with van der Waals surface area (Å²) in [5.74, 6) is -0.481. The molecule has 0 spiro atoms. The topological polar surface area (TPSA) is 121 Å². The van der Waals surface area contributed by atoms with Gasteiger partial charge in [-0.05, 0) is 43.4 Å². The molecule has 2 rings (SSSR count). The Kier molecular flexibility index (Phi) is 7.91. The van der Waals surface area contributed by atoms with E-state index in [1.807, 2.05) is 0 Å². The van der Waals surface area contributed by atoms with Crippen LogP contribution >= 0.6 is 0 Å². The van der Waals surface area contributed by atoms with Crippen LogP contribution in [0.5, 0.6) is 0 Å². The van der Waals surface area contributed by atoms with Gasteiger partial charge in [0.2, 0.25) is 11.8 Å². The van der Waals surface area contributed by atoms with Crippen LogP contribution in [0.25, 0.3) is 0 Å². The zero-order valence-corrected chi connectivity index (χ0v) is 15.5. The summed E-state index contributed by atoms with van der Waals surface area (Å²) in [6, 6.07) is 6.84. The van der Waals surface area contributed by atoms with Gasteiger partial charge in [0.1, 0.15) is 0 Å². The lowest BCUT2D eigenvalue weighted by Gasteiger charge is -2.17. The minimum Gasteiger partial charge on any atom is -0.466 e. The molecule has 0 saturated heterocycles. The lowest BCUT2D eigenvalue weighted by molar-refractivity contribution is -0.144.